The third-order valence-electron chi connectivity index (χ3n) is 5.07. The van der Waals surface area contributed by atoms with Gasteiger partial charge in [0, 0.05) is 17.0 Å². The van der Waals surface area contributed by atoms with Crippen molar-refractivity contribution in [3.63, 3.8) is 0 Å². The summed E-state index contributed by atoms with van der Waals surface area (Å²) in [5.41, 5.74) is 6.87. The first-order valence-corrected chi connectivity index (χ1v) is 9.28. The van der Waals surface area contributed by atoms with Gasteiger partial charge in [-0.1, -0.05) is 50.4 Å². The van der Waals surface area contributed by atoms with Crippen molar-refractivity contribution in [1.29, 1.82) is 0 Å². The SMILES string of the molecule is CC(C)[C@H](N)C(=O)NCC(=O)NCC1(c2cccc(Cl)c2)CCCC1.Cl. The lowest BCUT2D eigenvalue weighted by atomic mass is 9.79. The minimum absolute atomic E-state index is 0. The first kappa shape index (κ1) is 22.7. The lowest BCUT2D eigenvalue weighted by Crippen LogP contribution is -2.48. The van der Waals surface area contributed by atoms with Crippen LogP contribution in [-0.2, 0) is 15.0 Å². The van der Waals surface area contributed by atoms with Gasteiger partial charge in [-0.15, -0.1) is 12.4 Å². The average Bonchev–Trinajstić information content (AvgIpc) is 3.07. The lowest BCUT2D eigenvalue weighted by molar-refractivity contribution is -0.127. The van der Waals surface area contributed by atoms with Crippen LogP contribution >= 0.6 is 24.0 Å². The molecule has 1 aliphatic carbocycles. The van der Waals surface area contributed by atoms with Crippen molar-refractivity contribution in [2.24, 2.45) is 11.7 Å². The average molecular weight is 402 g/mol. The summed E-state index contributed by atoms with van der Waals surface area (Å²) in [6.45, 7) is 4.25. The Morgan fingerprint density at radius 3 is 2.46 bits per heavy atom. The van der Waals surface area contributed by atoms with Crippen molar-refractivity contribution >= 4 is 35.8 Å². The van der Waals surface area contributed by atoms with E-state index in [0.29, 0.717) is 11.6 Å². The Morgan fingerprint density at radius 2 is 1.88 bits per heavy atom. The van der Waals surface area contributed by atoms with E-state index in [1.165, 1.54) is 5.56 Å². The van der Waals surface area contributed by atoms with Crippen molar-refractivity contribution in [3.8, 4) is 0 Å². The second-order valence-corrected chi connectivity index (χ2v) is 7.70. The summed E-state index contributed by atoms with van der Waals surface area (Å²) in [7, 11) is 0. The van der Waals surface area contributed by atoms with Gasteiger partial charge in [0.05, 0.1) is 12.6 Å². The van der Waals surface area contributed by atoms with Crippen LogP contribution in [0.15, 0.2) is 24.3 Å². The molecule has 26 heavy (non-hydrogen) atoms. The minimum atomic E-state index is -0.597. The number of rotatable bonds is 7. The number of hydrogen-bond acceptors (Lipinski definition) is 3. The second kappa shape index (κ2) is 10.1. The molecule has 0 radical (unpaired) electrons. The number of nitrogens with one attached hydrogen (secondary N) is 2. The quantitative estimate of drug-likeness (QED) is 0.656. The van der Waals surface area contributed by atoms with Gasteiger partial charge in [-0.3, -0.25) is 9.59 Å². The topological polar surface area (TPSA) is 84.2 Å². The highest BCUT2D eigenvalue weighted by molar-refractivity contribution is 6.30. The smallest absolute Gasteiger partial charge is 0.239 e. The number of nitrogens with two attached hydrogens (primary N) is 1. The molecule has 0 saturated heterocycles. The molecule has 0 bridgehead atoms. The zero-order valence-electron chi connectivity index (χ0n) is 15.4. The maximum absolute atomic E-state index is 12.1. The van der Waals surface area contributed by atoms with Crippen LogP contribution in [-0.4, -0.2) is 30.9 Å². The van der Waals surface area contributed by atoms with E-state index >= 15 is 0 Å². The molecule has 1 saturated carbocycles. The molecular weight excluding hydrogens is 373 g/mol. The Balaban J connectivity index is 0.00000338. The van der Waals surface area contributed by atoms with Crippen LogP contribution in [0, 0.1) is 5.92 Å². The molecule has 2 rings (SSSR count). The van der Waals surface area contributed by atoms with Gasteiger partial charge in [0.1, 0.15) is 0 Å². The second-order valence-electron chi connectivity index (χ2n) is 7.26. The number of benzene rings is 1. The highest BCUT2D eigenvalue weighted by Crippen LogP contribution is 2.41. The van der Waals surface area contributed by atoms with E-state index in [9.17, 15) is 9.59 Å². The molecular formula is C19H29Cl2N3O2. The molecule has 146 valence electrons. The summed E-state index contributed by atoms with van der Waals surface area (Å²) in [5.74, 6) is -0.458. The predicted molar refractivity (Wildman–Crippen MR) is 108 cm³/mol. The van der Waals surface area contributed by atoms with Gasteiger partial charge in [-0.2, -0.15) is 0 Å². The first-order valence-electron chi connectivity index (χ1n) is 8.90. The minimum Gasteiger partial charge on any atom is -0.354 e. The third kappa shape index (κ3) is 5.86. The van der Waals surface area contributed by atoms with Crippen LogP contribution in [0.4, 0.5) is 0 Å². The molecule has 7 heteroatoms. The van der Waals surface area contributed by atoms with E-state index < -0.39 is 6.04 Å². The van der Waals surface area contributed by atoms with Crippen molar-refractivity contribution in [3.05, 3.63) is 34.9 Å². The van der Waals surface area contributed by atoms with Crippen LogP contribution in [0.2, 0.25) is 5.02 Å². The van der Waals surface area contributed by atoms with Crippen LogP contribution in [0.3, 0.4) is 0 Å². The highest BCUT2D eigenvalue weighted by atomic mass is 35.5. The fourth-order valence-electron chi connectivity index (χ4n) is 3.36. The molecule has 0 aromatic heterocycles. The van der Waals surface area contributed by atoms with Gasteiger partial charge in [-0.25, -0.2) is 0 Å². The zero-order valence-corrected chi connectivity index (χ0v) is 17.0. The van der Waals surface area contributed by atoms with Crippen LogP contribution in [0.1, 0.15) is 45.1 Å². The molecule has 0 spiro atoms. The van der Waals surface area contributed by atoms with Gasteiger partial charge in [0.15, 0.2) is 0 Å². The Hall–Kier alpha value is -1.30. The standard InChI is InChI=1S/C19H28ClN3O2.ClH/c1-13(2)17(21)18(25)22-11-16(24)23-12-19(8-3-4-9-19)14-6-5-7-15(20)10-14;/h5-7,10,13,17H,3-4,8-9,11-12,21H2,1-2H3,(H,22,25)(H,23,24);1H/t17-;/m0./s1. The number of carbonyl (C=O) groups is 2. The molecule has 1 fully saturated rings. The molecule has 1 aromatic rings. The maximum Gasteiger partial charge on any atom is 0.239 e. The van der Waals surface area contributed by atoms with Crippen molar-refractivity contribution in [1.82, 2.24) is 10.6 Å². The Bertz CT molecular complexity index is 617. The van der Waals surface area contributed by atoms with Crippen LogP contribution in [0.5, 0.6) is 0 Å². The third-order valence-corrected chi connectivity index (χ3v) is 5.30. The summed E-state index contributed by atoms with van der Waals surface area (Å²) < 4.78 is 0. The molecule has 5 nitrogen and oxygen atoms in total. The van der Waals surface area contributed by atoms with E-state index in [1.54, 1.807) is 0 Å². The van der Waals surface area contributed by atoms with E-state index in [0.717, 1.165) is 25.7 Å². The fraction of sp³-hybridized carbons (Fsp3) is 0.579. The van der Waals surface area contributed by atoms with Crippen molar-refractivity contribution < 1.29 is 9.59 Å². The number of carbonyl (C=O) groups excluding carboxylic acids is 2. The Morgan fingerprint density at radius 1 is 1.23 bits per heavy atom. The largest absolute Gasteiger partial charge is 0.354 e. The number of amides is 2. The van der Waals surface area contributed by atoms with Crippen LogP contribution < -0.4 is 16.4 Å². The van der Waals surface area contributed by atoms with E-state index in [2.05, 4.69) is 16.7 Å². The molecule has 1 aromatic carbocycles. The first-order chi connectivity index (χ1) is 11.8. The van der Waals surface area contributed by atoms with Gasteiger partial charge in [0.2, 0.25) is 11.8 Å². The summed E-state index contributed by atoms with van der Waals surface area (Å²) in [6, 6.07) is 7.28. The monoisotopic (exact) mass is 401 g/mol. The van der Waals surface area contributed by atoms with Gasteiger partial charge >= 0.3 is 0 Å². The molecule has 1 aliphatic rings. The highest BCUT2D eigenvalue weighted by Gasteiger charge is 2.36. The zero-order chi connectivity index (χ0) is 18.4. The molecule has 0 unspecified atom stereocenters. The normalized spacial score (nSPS) is 16.7. The van der Waals surface area contributed by atoms with E-state index in [1.807, 2.05) is 32.0 Å². The molecule has 0 aliphatic heterocycles. The molecule has 2 amide bonds. The summed E-state index contributed by atoms with van der Waals surface area (Å²) in [6.07, 6.45) is 4.33. The molecule has 4 N–H and O–H groups in total. The predicted octanol–water partition coefficient (Wildman–Crippen LogP) is 2.79. The Kier molecular flexibility index (Phi) is 8.87. The Labute approximate surface area is 166 Å². The van der Waals surface area contributed by atoms with E-state index in [4.69, 9.17) is 17.3 Å². The van der Waals surface area contributed by atoms with Crippen LogP contribution in [0.25, 0.3) is 0 Å². The summed E-state index contributed by atoms with van der Waals surface area (Å²) in [5, 5.41) is 6.29. The number of halogens is 2. The molecule has 0 heterocycles. The number of hydrogen-bond donors (Lipinski definition) is 3. The molecule has 1 atom stereocenters. The van der Waals surface area contributed by atoms with Gasteiger partial charge in [0.25, 0.3) is 0 Å². The lowest BCUT2D eigenvalue weighted by Gasteiger charge is -2.30. The van der Waals surface area contributed by atoms with E-state index in [-0.39, 0.29) is 42.1 Å². The summed E-state index contributed by atoms with van der Waals surface area (Å²) in [4.78, 5) is 24.0. The van der Waals surface area contributed by atoms with Crippen molar-refractivity contribution in [2.75, 3.05) is 13.1 Å². The maximum atomic E-state index is 12.1. The fourth-order valence-corrected chi connectivity index (χ4v) is 3.55. The summed E-state index contributed by atoms with van der Waals surface area (Å²) >= 11 is 6.14. The van der Waals surface area contributed by atoms with Crippen molar-refractivity contribution in [2.45, 2.75) is 51.0 Å². The van der Waals surface area contributed by atoms with Gasteiger partial charge < -0.3 is 16.4 Å². The van der Waals surface area contributed by atoms with Gasteiger partial charge in [-0.05, 0) is 36.5 Å².